The van der Waals surface area contributed by atoms with Crippen molar-refractivity contribution in [2.75, 3.05) is 19.6 Å². The highest BCUT2D eigenvalue weighted by Crippen LogP contribution is 2.34. The highest BCUT2D eigenvalue weighted by atomic mass is 16.2. The van der Waals surface area contributed by atoms with Crippen LogP contribution in [0.3, 0.4) is 0 Å². The van der Waals surface area contributed by atoms with Gasteiger partial charge in [0.2, 0.25) is 0 Å². The molecule has 0 aromatic carbocycles. The number of nitrogens with zero attached hydrogens (tertiary/aromatic N) is 6. The Morgan fingerprint density at radius 1 is 1.14 bits per heavy atom. The van der Waals surface area contributed by atoms with Crippen LogP contribution in [-0.4, -0.2) is 62.0 Å². The molecule has 1 amide bonds. The van der Waals surface area contributed by atoms with Crippen molar-refractivity contribution in [1.29, 1.82) is 0 Å². The summed E-state index contributed by atoms with van der Waals surface area (Å²) in [6.45, 7) is 15.0. The van der Waals surface area contributed by atoms with Crippen LogP contribution in [0.1, 0.15) is 95.0 Å². The zero-order valence-corrected chi connectivity index (χ0v) is 22.7. The second-order valence-corrected chi connectivity index (χ2v) is 11.4. The SMILES string of the molecule is CC(C)=Cn1nc([C@@H]2CCCCN2C(=O)c2cc(C(C)(C)C)ccn2)cc1N=C(C)N1CC[C@H](N)C1. The molecule has 2 aliphatic heterocycles. The van der Waals surface area contributed by atoms with Gasteiger partial charge in [-0.25, -0.2) is 9.67 Å². The van der Waals surface area contributed by atoms with Crippen LogP contribution in [0.4, 0.5) is 5.82 Å². The predicted molar refractivity (Wildman–Crippen MR) is 145 cm³/mol. The third kappa shape index (κ3) is 5.86. The van der Waals surface area contributed by atoms with Gasteiger partial charge in [0.25, 0.3) is 5.91 Å². The van der Waals surface area contributed by atoms with E-state index in [0.717, 1.165) is 67.3 Å². The molecular formula is C28H41N7O. The number of rotatable bonds is 4. The molecule has 2 saturated heterocycles. The number of aromatic nitrogens is 3. The van der Waals surface area contributed by atoms with Crippen molar-refractivity contribution in [2.24, 2.45) is 10.7 Å². The third-order valence-electron chi connectivity index (χ3n) is 7.02. The number of nitrogens with two attached hydrogens (primary N) is 1. The maximum atomic E-state index is 13.7. The highest BCUT2D eigenvalue weighted by Gasteiger charge is 2.32. The van der Waals surface area contributed by atoms with Crippen molar-refractivity contribution in [3.63, 3.8) is 0 Å². The Labute approximate surface area is 215 Å². The number of piperidine rings is 1. The summed E-state index contributed by atoms with van der Waals surface area (Å²) in [5.74, 6) is 1.68. The lowest BCUT2D eigenvalue weighted by Gasteiger charge is -2.34. The molecule has 0 radical (unpaired) electrons. The quantitative estimate of drug-likeness (QED) is 0.485. The average molecular weight is 492 g/mol. The fourth-order valence-electron chi connectivity index (χ4n) is 4.95. The van der Waals surface area contributed by atoms with E-state index < -0.39 is 0 Å². The summed E-state index contributed by atoms with van der Waals surface area (Å²) in [5.41, 5.74) is 9.67. The number of likely N-dealkylation sites (tertiary alicyclic amines) is 2. The smallest absolute Gasteiger partial charge is 0.273 e. The van der Waals surface area contributed by atoms with E-state index in [1.165, 1.54) is 0 Å². The number of pyridine rings is 1. The van der Waals surface area contributed by atoms with E-state index in [0.29, 0.717) is 12.2 Å². The number of carbonyl (C=O) groups is 1. The largest absolute Gasteiger partial charge is 0.359 e. The Morgan fingerprint density at radius 2 is 1.92 bits per heavy atom. The fourth-order valence-corrected chi connectivity index (χ4v) is 4.95. The van der Waals surface area contributed by atoms with Gasteiger partial charge < -0.3 is 15.5 Å². The van der Waals surface area contributed by atoms with Crippen LogP contribution in [0.25, 0.3) is 6.20 Å². The van der Waals surface area contributed by atoms with Gasteiger partial charge in [0.15, 0.2) is 5.82 Å². The molecule has 2 fully saturated rings. The van der Waals surface area contributed by atoms with Crippen LogP contribution in [0.15, 0.2) is 35.0 Å². The third-order valence-corrected chi connectivity index (χ3v) is 7.02. The van der Waals surface area contributed by atoms with Crippen LogP contribution in [0.5, 0.6) is 0 Å². The molecule has 0 unspecified atom stereocenters. The summed E-state index contributed by atoms with van der Waals surface area (Å²) >= 11 is 0. The molecule has 0 bridgehead atoms. The van der Waals surface area contributed by atoms with Gasteiger partial charge in [-0.05, 0) is 69.6 Å². The van der Waals surface area contributed by atoms with Crippen LogP contribution in [-0.2, 0) is 5.41 Å². The summed E-state index contributed by atoms with van der Waals surface area (Å²) in [6.07, 6.45) is 7.64. The molecule has 194 valence electrons. The second-order valence-electron chi connectivity index (χ2n) is 11.4. The fraction of sp³-hybridized carbons (Fsp3) is 0.571. The van der Waals surface area contributed by atoms with Crippen molar-refractivity contribution in [1.82, 2.24) is 24.6 Å². The predicted octanol–water partition coefficient (Wildman–Crippen LogP) is 4.91. The van der Waals surface area contributed by atoms with E-state index in [4.69, 9.17) is 15.8 Å². The monoisotopic (exact) mass is 491 g/mol. The Morgan fingerprint density at radius 3 is 2.58 bits per heavy atom. The molecule has 4 heterocycles. The molecule has 36 heavy (non-hydrogen) atoms. The van der Waals surface area contributed by atoms with Gasteiger partial charge in [-0.15, -0.1) is 0 Å². The molecule has 2 N–H and O–H groups in total. The van der Waals surface area contributed by atoms with Crippen LogP contribution in [0.2, 0.25) is 0 Å². The standard InChI is InChI=1S/C28H41N7O/c1-19(2)17-35-26(31-20(3)33-14-11-22(29)18-33)16-23(32-35)25-9-7-8-13-34(25)27(36)24-15-21(10-12-30-24)28(4,5)6/h10,12,15-17,22,25H,7-9,11,13-14,18,29H2,1-6H3/t22-,25-/m0/s1. The maximum Gasteiger partial charge on any atom is 0.273 e. The van der Waals surface area contributed by atoms with Crippen molar-refractivity contribution >= 4 is 23.8 Å². The first-order chi connectivity index (χ1) is 17.0. The van der Waals surface area contributed by atoms with E-state index >= 15 is 0 Å². The first-order valence-electron chi connectivity index (χ1n) is 13.1. The lowest BCUT2D eigenvalue weighted by Crippen LogP contribution is -2.39. The molecule has 8 heteroatoms. The molecule has 0 spiro atoms. The second kappa shape index (κ2) is 10.5. The van der Waals surface area contributed by atoms with Crippen LogP contribution >= 0.6 is 0 Å². The first-order valence-corrected chi connectivity index (χ1v) is 13.1. The zero-order valence-electron chi connectivity index (χ0n) is 22.7. The summed E-state index contributed by atoms with van der Waals surface area (Å²) in [4.78, 5) is 27.2. The number of amidine groups is 1. The van der Waals surface area contributed by atoms with Crippen molar-refractivity contribution in [3.8, 4) is 0 Å². The van der Waals surface area contributed by atoms with Crippen molar-refractivity contribution < 1.29 is 4.79 Å². The van der Waals surface area contributed by atoms with Gasteiger partial charge in [-0.3, -0.25) is 9.78 Å². The van der Waals surface area contributed by atoms with Crippen LogP contribution < -0.4 is 5.73 Å². The topological polar surface area (TPSA) is 92.6 Å². The van der Waals surface area contributed by atoms with Gasteiger partial charge in [0, 0.05) is 44.1 Å². The van der Waals surface area contributed by atoms with Crippen molar-refractivity contribution in [2.45, 2.75) is 84.7 Å². The highest BCUT2D eigenvalue weighted by molar-refractivity contribution is 5.93. The number of allylic oxidation sites excluding steroid dienone is 1. The van der Waals surface area contributed by atoms with E-state index in [-0.39, 0.29) is 23.4 Å². The molecule has 4 rings (SSSR count). The Bertz CT molecular complexity index is 1150. The molecule has 2 aromatic heterocycles. The van der Waals surface area contributed by atoms with Crippen molar-refractivity contribution in [3.05, 3.63) is 46.9 Å². The Kier molecular flexibility index (Phi) is 7.64. The lowest BCUT2D eigenvalue weighted by atomic mass is 9.87. The van der Waals surface area contributed by atoms with E-state index in [2.05, 4.69) is 30.7 Å². The summed E-state index contributed by atoms with van der Waals surface area (Å²) in [6, 6.07) is 6.06. The molecule has 8 nitrogen and oxygen atoms in total. The first kappa shape index (κ1) is 26.1. The summed E-state index contributed by atoms with van der Waals surface area (Å²) < 4.78 is 1.85. The van der Waals surface area contributed by atoms with Gasteiger partial charge >= 0.3 is 0 Å². The van der Waals surface area contributed by atoms with Crippen LogP contribution in [0, 0.1) is 0 Å². The molecule has 2 aromatic rings. The van der Waals surface area contributed by atoms with E-state index in [9.17, 15) is 4.79 Å². The minimum Gasteiger partial charge on any atom is -0.359 e. The Balaban J connectivity index is 1.66. The number of hydrogen-bond donors (Lipinski definition) is 1. The van der Waals surface area contributed by atoms with Gasteiger partial charge in [0.1, 0.15) is 11.5 Å². The maximum absolute atomic E-state index is 13.7. The number of amides is 1. The average Bonchev–Trinajstić information content (AvgIpc) is 3.44. The molecule has 0 saturated carbocycles. The lowest BCUT2D eigenvalue weighted by molar-refractivity contribution is 0.0599. The zero-order chi connectivity index (χ0) is 26.0. The van der Waals surface area contributed by atoms with Gasteiger partial charge in [-0.1, -0.05) is 26.3 Å². The normalized spacial score (nSPS) is 21.1. The molecule has 2 aliphatic rings. The molecule has 0 aliphatic carbocycles. The number of aliphatic imine (C=N–C) groups is 1. The Hall–Kier alpha value is -3.00. The van der Waals surface area contributed by atoms with Gasteiger partial charge in [0.05, 0.1) is 11.7 Å². The summed E-state index contributed by atoms with van der Waals surface area (Å²) in [7, 11) is 0. The number of hydrogen-bond acceptors (Lipinski definition) is 5. The minimum absolute atomic E-state index is 0.0325. The van der Waals surface area contributed by atoms with E-state index in [1.54, 1.807) is 6.20 Å². The summed E-state index contributed by atoms with van der Waals surface area (Å²) in [5, 5.41) is 4.93. The molecular weight excluding hydrogens is 450 g/mol. The van der Waals surface area contributed by atoms with Gasteiger partial charge in [-0.2, -0.15) is 5.10 Å². The molecule has 2 atom stereocenters. The number of carbonyl (C=O) groups excluding carboxylic acids is 1. The van der Waals surface area contributed by atoms with E-state index in [1.807, 2.05) is 54.8 Å². The minimum atomic E-state index is -0.104.